The lowest BCUT2D eigenvalue weighted by molar-refractivity contribution is -0.173. The standard InChI is InChI=1S/C11H20N2O4/c1-6-8-13(11(15)17-7-2)9(3)10(14)12(4)16-5/h6,9H,1,7-8H2,2-5H3. The van der Waals surface area contributed by atoms with Gasteiger partial charge >= 0.3 is 6.09 Å². The highest BCUT2D eigenvalue weighted by atomic mass is 16.7. The normalized spacial score (nSPS) is 11.5. The van der Waals surface area contributed by atoms with E-state index < -0.39 is 12.1 Å². The van der Waals surface area contributed by atoms with E-state index in [4.69, 9.17) is 9.57 Å². The summed E-state index contributed by atoms with van der Waals surface area (Å²) in [6.07, 6.45) is 0.991. The molecule has 0 N–H and O–H groups in total. The maximum absolute atomic E-state index is 11.8. The van der Waals surface area contributed by atoms with Crippen LogP contribution < -0.4 is 0 Å². The second-order valence-corrected chi connectivity index (χ2v) is 3.33. The third-order valence-corrected chi connectivity index (χ3v) is 2.24. The van der Waals surface area contributed by atoms with Gasteiger partial charge in [0.05, 0.1) is 13.7 Å². The van der Waals surface area contributed by atoms with Crippen LogP contribution in [0.25, 0.3) is 0 Å². The maximum Gasteiger partial charge on any atom is 0.410 e. The lowest BCUT2D eigenvalue weighted by atomic mass is 10.2. The van der Waals surface area contributed by atoms with Gasteiger partial charge in [-0.3, -0.25) is 14.5 Å². The van der Waals surface area contributed by atoms with Gasteiger partial charge in [-0.1, -0.05) is 6.08 Å². The van der Waals surface area contributed by atoms with Gasteiger partial charge in [0, 0.05) is 13.6 Å². The molecule has 0 rings (SSSR count). The summed E-state index contributed by atoms with van der Waals surface area (Å²) in [5, 5.41) is 1.07. The number of likely N-dealkylation sites (N-methyl/N-ethyl adjacent to an activating group) is 1. The summed E-state index contributed by atoms with van der Waals surface area (Å²) in [7, 11) is 2.86. The fraction of sp³-hybridized carbons (Fsp3) is 0.636. The highest BCUT2D eigenvalue weighted by Crippen LogP contribution is 2.06. The molecular weight excluding hydrogens is 224 g/mol. The van der Waals surface area contributed by atoms with Gasteiger partial charge in [-0.2, -0.15) is 0 Å². The van der Waals surface area contributed by atoms with Crippen LogP contribution in [0.5, 0.6) is 0 Å². The molecule has 0 spiro atoms. The molecule has 0 aliphatic heterocycles. The molecule has 0 aromatic carbocycles. The van der Waals surface area contributed by atoms with Gasteiger partial charge in [0.1, 0.15) is 6.04 Å². The number of amides is 2. The van der Waals surface area contributed by atoms with Gasteiger partial charge in [-0.25, -0.2) is 9.86 Å². The van der Waals surface area contributed by atoms with Gasteiger partial charge in [0.2, 0.25) is 0 Å². The van der Waals surface area contributed by atoms with Gasteiger partial charge in [0.15, 0.2) is 0 Å². The van der Waals surface area contributed by atoms with Crippen molar-refractivity contribution in [2.45, 2.75) is 19.9 Å². The Morgan fingerprint density at radius 2 is 2.06 bits per heavy atom. The third-order valence-electron chi connectivity index (χ3n) is 2.24. The first-order valence-corrected chi connectivity index (χ1v) is 5.35. The molecule has 17 heavy (non-hydrogen) atoms. The van der Waals surface area contributed by atoms with Crippen molar-refractivity contribution >= 4 is 12.0 Å². The summed E-state index contributed by atoms with van der Waals surface area (Å²) >= 11 is 0. The number of rotatable bonds is 6. The molecule has 1 atom stereocenters. The van der Waals surface area contributed by atoms with Gasteiger partial charge in [0.25, 0.3) is 5.91 Å². The lowest BCUT2D eigenvalue weighted by Gasteiger charge is -2.28. The fourth-order valence-corrected chi connectivity index (χ4v) is 1.22. The van der Waals surface area contributed by atoms with Crippen LogP contribution in [0.4, 0.5) is 4.79 Å². The summed E-state index contributed by atoms with van der Waals surface area (Å²) in [5.41, 5.74) is 0. The summed E-state index contributed by atoms with van der Waals surface area (Å²) in [5.74, 6) is -0.331. The zero-order valence-electron chi connectivity index (χ0n) is 10.8. The van der Waals surface area contributed by atoms with Crippen LogP contribution in [0.1, 0.15) is 13.8 Å². The Hall–Kier alpha value is -1.56. The number of hydroxylamine groups is 2. The van der Waals surface area contributed by atoms with Crippen LogP contribution in [0.15, 0.2) is 12.7 Å². The zero-order chi connectivity index (χ0) is 13.4. The molecule has 0 aliphatic carbocycles. The van der Waals surface area contributed by atoms with E-state index >= 15 is 0 Å². The number of nitrogens with zero attached hydrogens (tertiary/aromatic N) is 2. The Kier molecular flexibility index (Phi) is 6.97. The Morgan fingerprint density at radius 3 is 2.47 bits per heavy atom. The summed E-state index contributed by atoms with van der Waals surface area (Å²) in [6.45, 7) is 7.36. The van der Waals surface area contributed by atoms with Crippen LogP contribution in [0, 0.1) is 0 Å². The highest BCUT2D eigenvalue weighted by molar-refractivity contribution is 5.84. The summed E-state index contributed by atoms with van der Waals surface area (Å²) in [6, 6.07) is -0.669. The van der Waals surface area contributed by atoms with E-state index in [0.29, 0.717) is 0 Å². The molecule has 98 valence electrons. The highest BCUT2D eigenvalue weighted by Gasteiger charge is 2.28. The van der Waals surface area contributed by atoms with Crippen LogP contribution in [0.3, 0.4) is 0 Å². The Morgan fingerprint density at radius 1 is 1.47 bits per heavy atom. The fourth-order valence-electron chi connectivity index (χ4n) is 1.22. The van der Waals surface area contributed by atoms with Crippen LogP contribution in [0.2, 0.25) is 0 Å². The van der Waals surface area contributed by atoms with Gasteiger partial charge < -0.3 is 4.74 Å². The van der Waals surface area contributed by atoms with Crippen molar-refractivity contribution in [2.75, 3.05) is 27.3 Å². The van der Waals surface area contributed by atoms with Crippen LogP contribution in [-0.2, 0) is 14.4 Å². The molecule has 0 fully saturated rings. The molecule has 0 bridgehead atoms. The van der Waals surface area contributed by atoms with Gasteiger partial charge in [-0.15, -0.1) is 6.58 Å². The molecule has 0 radical (unpaired) electrons. The number of hydrogen-bond donors (Lipinski definition) is 0. The first kappa shape index (κ1) is 15.4. The van der Waals surface area contributed by atoms with Crippen molar-refractivity contribution in [2.24, 2.45) is 0 Å². The number of ether oxygens (including phenoxy) is 1. The third kappa shape index (κ3) is 4.44. The van der Waals surface area contributed by atoms with Crippen molar-refractivity contribution in [3.63, 3.8) is 0 Å². The monoisotopic (exact) mass is 244 g/mol. The smallest absolute Gasteiger partial charge is 0.410 e. The van der Waals surface area contributed by atoms with E-state index in [2.05, 4.69) is 6.58 Å². The number of carbonyl (C=O) groups is 2. The molecule has 1 unspecified atom stereocenters. The Bertz CT molecular complexity index is 281. The van der Waals surface area contributed by atoms with E-state index in [1.807, 2.05) is 0 Å². The molecule has 6 nitrogen and oxygen atoms in total. The zero-order valence-corrected chi connectivity index (χ0v) is 10.8. The lowest BCUT2D eigenvalue weighted by Crippen LogP contribution is -2.48. The number of carbonyl (C=O) groups excluding carboxylic acids is 2. The van der Waals surface area contributed by atoms with Crippen LogP contribution >= 0.6 is 0 Å². The molecule has 0 aromatic rings. The Balaban J connectivity index is 4.74. The minimum absolute atomic E-state index is 0.239. The van der Waals surface area contributed by atoms with E-state index in [0.717, 1.165) is 5.06 Å². The van der Waals surface area contributed by atoms with E-state index in [1.165, 1.54) is 25.1 Å². The SMILES string of the molecule is C=CCN(C(=O)OCC)C(C)C(=O)N(C)OC. The Labute approximate surface area is 102 Å². The second kappa shape index (κ2) is 7.67. The average Bonchev–Trinajstić information content (AvgIpc) is 2.33. The predicted molar refractivity (Wildman–Crippen MR) is 63.2 cm³/mol. The first-order chi connectivity index (χ1) is 7.99. The molecule has 0 aromatic heterocycles. The molecule has 6 heteroatoms. The minimum Gasteiger partial charge on any atom is -0.450 e. The van der Waals surface area contributed by atoms with Crippen molar-refractivity contribution in [1.29, 1.82) is 0 Å². The summed E-state index contributed by atoms with van der Waals surface area (Å²) < 4.78 is 4.87. The second-order valence-electron chi connectivity index (χ2n) is 3.33. The van der Waals surface area contributed by atoms with Crippen molar-refractivity contribution < 1.29 is 19.2 Å². The maximum atomic E-state index is 11.8. The average molecular weight is 244 g/mol. The molecule has 0 heterocycles. The van der Waals surface area contributed by atoms with Gasteiger partial charge in [-0.05, 0) is 13.8 Å². The molecule has 0 saturated heterocycles. The first-order valence-electron chi connectivity index (χ1n) is 5.35. The molecule has 2 amide bonds. The molecule has 0 saturated carbocycles. The number of hydrogen-bond acceptors (Lipinski definition) is 4. The summed E-state index contributed by atoms with van der Waals surface area (Å²) in [4.78, 5) is 29.5. The van der Waals surface area contributed by atoms with E-state index in [1.54, 1.807) is 13.8 Å². The molecule has 0 aliphatic rings. The largest absolute Gasteiger partial charge is 0.450 e. The van der Waals surface area contributed by atoms with Crippen LogP contribution in [-0.4, -0.2) is 55.3 Å². The minimum atomic E-state index is -0.669. The van der Waals surface area contributed by atoms with E-state index in [-0.39, 0.29) is 19.1 Å². The topological polar surface area (TPSA) is 59.1 Å². The van der Waals surface area contributed by atoms with Crippen molar-refractivity contribution in [3.8, 4) is 0 Å². The van der Waals surface area contributed by atoms with E-state index in [9.17, 15) is 9.59 Å². The molecular formula is C11H20N2O4. The van der Waals surface area contributed by atoms with Crippen molar-refractivity contribution in [1.82, 2.24) is 9.96 Å². The van der Waals surface area contributed by atoms with Crippen molar-refractivity contribution in [3.05, 3.63) is 12.7 Å². The quantitative estimate of drug-likeness (QED) is 0.517. The predicted octanol–water partition coefficient (Wildman–Crippen LogP) is 1.04.